The number of carbonyl (C=O) groups excluding carboxylic acids is 1. The van der Waals surface area contributed by atoms with Crippen molar-refractivity contribution in [2.24, 2.45) is 0 Å². The fraction of sp³-hybridized carbons (Fsp3) is 0.286. The fourth-order valence-electron chi connectivity index (χ4n) is 2.76. The third-order valence-electron chi connectivity index (χ3n) is 4.27. The van der Waals surface area contributed by atoms with E-state index < -0.39 is 23.5 Å². The van der Waals surface area contributed by atoms with Gasteiger partial charge < -0.3 is 9.30 Å². The number of esters is 1. The Hall–Kier alpha value is -3.28. The Balaban J connectivity index is 1.86. The number of carbonyl (C=O) groups is 1. The van der Waals surface area contributed by atoms with E-state index in [4.69, 9.17) is 4.74 Å². The first-order valence-electron chi connectivity index (χ1n) is 9.67. The van der Waals surface area contributed by atoms with Crippen LogP contribution in [0.15, 0.2) is 52.8 Å². The molecule has 0 fully saturated rings. The van der Waals surface area contributed by atoms with E-state index in [0.29, 0.717) is 5.75 Å². The van der Waals surface area contributed by atoms with E-state index in [9.17, 15) is 27.2 Å². The minimum Gasteiger partial charge on any atom is -0.465 e. The molecule has 0 amide bonds. The molecule has 0 radical (unpaired) electrons. The van der Waals surface area contributed by atoms with Crippen LogP contribution in [-0.2, 0) is 34.4 Å². The molecule has 2 heterocycles. The van der Waals surface area contributed by atoms with Crippen molar-refractivity contribution in [3.05, 3.63) is 81.5 Å². The number of nitrogens with zero attached hydrogens (tertiary/aromatic N) is 4. The van der Waals surface area contributed by atoms with Crippen molar-refractivity contribution in [1.29, 1.82) is 0 Å². The standard InChI is InChI=1S/C21H18F4N4O3S/c1-2-32-17(30)11-29-10-15(7-14-8-26-19(27-9-14)21(23,24)25)18(31)28-20(29)33-12-13-3-5-16(22)6-4-13/h3-6,8-10H,2,7,11-12H2,1H3. The van der Waals surface area contributed by atoms with Crippen LogP contribution in [0.3, 0.4) is 0 Å². The van der Waals surface area contributed by atoms with Crippen LogP contribution < -0.4 is 5.56 Å². The molecule has 0 unspecified atom stereocenters. The summed E-state index contributed by atoms with van der Waals surface area (Å²) in [4.78, 5) is 35.2. The maximum Gasteiger partial charge on any atom is 0.451 e. The molecule has 0 N–H and O–H groups in total. The van der Waals surface area contributed by atoms with Gasteiger partial charge in [-0.1, -0.05) is 23.9 Å². The van der Waals surface area contributed by atoms with Gasteiger partial charge in [-0.05, 0) is 30.2 Å². The van der Waals surface area contributed by atoms with E-state index >= 15 is 0 Å². The molecule has 0 aliphatic rings. The Morgan fingerprint density at radius 2 is 1.79 bits per heavy atom. The van der Waals surface area contributed by atoms with Gasteiger partial charge in [0.2, 0.25) is 5.82 Å². The number of aromatic nitrogens is 4. The number of ether oxygens (including phenoxy) is 1. The molecule has 3 rings (SSSR count). The first-order chi connectivity index (χ1) is 15.7. The van der Waals surface area contributed by atoms with Crippen molar-refractivity contribution in [1.82, 2.24) is 19.5 Å². The quantitative estimate of drug-likeness (QED) is 0.210. The van der Waals surface area contributed by atoms with Crippen molar-refractivity contribution in [3.8, 4) is 0 Å². The maximum atomic E-state index is 13.1. The van der Waals surface area contributed by atoms with Crippen LogP contribution in [0.25, 0.3) is 0 Å². The first kappa shape index (κ1) is 24.4. The SMILES string of the molecule is CCOC(=O)Cn1cc(Cc2cnc(C(F)(F)F)nc2)c(=O)nc1SCc1ccc(F)cc1. The van der Waals surface area contributed by atoms with Gasteiger partial charge in [0.25, 0.3) is 5.56 Å². The number of hydrogen-bond acceptors (Lipinski definition) is 7. The minimum absolute atomic E-state index is 0.0737. The predicted molar refractivity (Wildman–Crippen MR) is 111 cm³/mol. The number of benzene rings is 1. The molecular formula is C21H18F4N4O3S. The average molecular weight is 482 g/mol. The summed E-state index contributed by atoms with van der Waals surface area (Å²) in [7, 11) is 0. The minimum atomic E-state index is -4.67. The van der Waals surface area contributed by atoms with Gasteiger partial charge in [-0.3, -0.25) is 9.59 Å². The van der Waals surface area contributed by atoms with Crippen molar-refractivity contribution in [3.63, 3.8) is 0 Å². The monoisotopic (exact) mass is 482 g/mol. The predicted octanol–water partition coefficient (Wildman–Crippen LogP) is 3.64. The van der Waals surface area contributed by atoms with Crippen LogP contribution in [0.4, 0.5) is 17.6 Å². The van der Waals surface area contributed by atoms with E-state index in [2.05, 4.69) is 15.0 Å². The van der Waals surface area contributed by atoms with E-state index in [1.54, 1.807) is 19.1 Å². The highest BCUT2D eigenvalue weighted by molar-refractivity contribution is 7.98. The number of alkyl halides is 3. The molecule has 3 aromatic rings. The van der Waals surface area contributed by atoms with Crippen molar-refractivity contribution < 1.29 is 27.1 Å². The molecular weight excluding hydrogens is 464 g/mol. The lowest BCUT2D eigenvalue weighted by atomic mass is 10.1. The van der Waals surface area contributed by atoms with Crippen LogP contribution in [0, 0.1) is 5.82 Å². The van der Waals surface area contributed by atoms with Gasteiger partial charge in [-0.2, -0.15) is 18.2 Å². The summed E-state index contributed by atoms with van der Waals surface area (Å²) in [6.07, 6.45) is -1.35. The second kappa shape index (κ2) is 10.6. The highest BCUT2D eigenvalue weighted by Gasteiger charge is 2.34. The van der Waals surface area contributed by atoms with Gasteiger partial charge in [0.15, 0.2) is 5.16 Å². The van der Waals surface area contributed by atoms with Gasteiger partial charge in [-0.15, -0.1) is 0 Å². The number of hydrogen-bond donors (Lipinski definition) is 0. The number of halogens is 4. The average Bonchev–Trinajstić information content (AvgIpc) is 2.76. The smallest absolute Gasteiger partial charge is 0.451 e. The molecule has 0 aliphatic heterocycles. The summed E-state index contributed by atoms with van der Waals surface area (Å²) in [5.41, 5.74) is 0.603. The molecule has 7 nitrogen and oxygen atoms in total. The normalized spacial score (nSPS) is 11.4. The molecule has 33 heavy (non-hydrogen) atoms. The highest BCUT2D eigenvalue weighted by atomic mass is 32.2. The second-order valence-electron chi connectivity index (χ2n) is 6.79. The van der Waals surface area contributed by atoms with Crippen LogP contribution in [0.2, 0.25) is 0 Å². The molecule has 12 heteroatoms. The first-order valence-corrected chi connectivity index (χ1v) is 10.7. The molecule has 0 aliphatic carbocycles. The summed E-state index contributed by atoms with van der Waals surface area (Å²) < 4.78 is 57.5. The highest BCUT2D eigenvalue weighted by Crippen LogP contribution is 2.25. The summed E-state index contributed by atoms with van der Waals surface area (Å²) >= 11 is 1.17. The Labute approximate surface area is 189 Å². The van der Waals surface area contributed by atoms with E-state index in [0.717, 1.165) is 18.0 Å². The van der Waals surface area contributed by atoms with Gasteiger partial charge in [0.1, 0.15) is 12.4 Å². The zero-order valence-corrected chi connectivity index (χ0v) is 18.1. The number of thioether (sulfide) groups is 1. The third kappa shape index (κ3) is 6.85. The third-order valence-corrected chi connectivity index (χ3v) is 5.33. The Morgan fingerprint density at radius 1 is 1.12 bits per heavy atom. The van der Waals surface area contributed by atoms with Crippen LogP contribution >= 0.6 is 11.8 Å². The molecule has 0 saturated heterocycles. The largest absolute Gasteiger partial charge is 0.465 e. The summed E-state index contributed by atoms with van der Waals surface area (Å²) in [6, 6.07) is 5.80. The number of rotatable bonds is 8. The van der Waals surface area contributed by atoms with Gasteiger partial charge >= 0.3 is 12.1 Å². The van der Waals surface area contributed by atoms with Crippen LogP contribution in [0.1, 0.15) is 29.4 Å². The lowest BCUT2D eigenvalue weighted by molar-refractivity contribution is -0.145. The van der Waals surface area contributed by atoms with Crippen molar-refractivity contribution in [2.75, 3.05) is 6.61 Å². The molecule has 0 atom stereocenters. The molecule has 0 bridgehead atoms. The lowest BCUT2D eigenvalue weighted by Crippen LogP contribution is -2.23. The van der Waals surface area contributed by atoms with Crippen LogP contribution in [-0.4, -0.2) is 32.1 Å². The maximum absolute atomic E-state index is 13.1. The van der Waals surface area contributed by atoms with E-state index in [-0.39, 0.29) is 41.7 Å². The van der Waals surface area contributed by atoms with Crippen LogP contribution in [0.5, 0.6) is 0 Å². The zero-order valence-electron chi connectivity index (χ0n) is 17.3. The summed E-state index contributed by atoms with van der Waals surface area (Å²) in [5.74, 6) is -1.84. The fourth-order valence-corrected chi connectivity index (χ4v) is 3.68. The molecule has 0 spiro atoms. The Kier molecular flexibility index (Phi) is 7.79. The van der Waals surface area contributed by atoms with Crippen molar-refractivity contribution in [2.45, 2.75) is 37.0 Å². The van der Waals surface area contributed by atoms with Gasteiger partial charge in [0.05, 0.1) is 6.61 Å². The second-order valence-corrected chi connectivity index (χ2v) is 7.73. The molecule has 0 saturated carbocycles. The van der Waals surface area contributed by atoms with Gasteiger partial charge in [0, 0.05) is 36.3 Å². The Morgan fingerprint density at radius 3 is 2.39 bits per heavy atom. The summed E-state index contributed by atoms with van der Waals surface area (Å²) in [6.45, 7) is 1.60. The van der Waals surface area contributed by atoms with E-state index in [1.165, 1.54) is 34.7 Å². The van der Waals surface area contributed by atoms with Crippen molar-refractivity contribution >= 4 is 17.7 Å². The Bertz CT molecular complexity index is 1170. The zero-order chi connectivity index (χ0) is 24.0. The molecule has 174 valence electrons. The topological polar surface area (TPSA) is 87.0 Å². The summed E-state index contributed by atoms with van der Waals surface area (Å²) in [5, 5.41) is 0.241. The molecule has 2 aromatic heterocycles. The lowest BCUT2D eigenvalue weighted by Gasteiger charge is -2.13. The van der Waals surface area contributed by atoms with E-state index in [1.807, 2.05) is 0 Å². The van der Waals surface area contributed by atoms with Gasteiger partial charge in [-0.25, -0.2) is 14.4 Å². The molecule has 1 aromatic carbocycles.